The molecule has 3 fully saturated rings. The maximum atomic E-state index is 12.9. The molecule has 1 aromatic carbocycles. The molecule has 3 aliphatic rings. The highest BCUT2D eigenvalue weighted by atomic mass is 35.5. The van der Waals surface area contributed by atoms with Gasteiger partial charge < -0.3 is 0 Å². The molecule has 4 amide bonds. The molecule has 5 nitrogen and oxygen atoms in total. The topological polar surface area (TPSA) is 57.7 Å². The van der Waals surface area contributed by atoms with E-state index in [0.29, 0.717) is 29.8 Å². The summed E-state index contributed by atoms with van der Waals surface area (Å²) in [4.78, 5) is 40.1. The number of rotatable bonds is 4. The Kier molecular flexibility index (Phi) is 4.28. The van der Waals surface area contributed by atoms with Gasteiger partial charge in [0.25, 0.3) is 0 Å². The summed E-state index contributed by atoms with van der Waals surface area (Å²) in [6.07, 6.45) is 4.68. The first-order valence-corrected chi connectivity index (χ1v) is 9.31. The molecule has 4 rings (SSSR count). The molecule has 2 saturated carbocycles. The average Bonchev–Trinajstić information content (AvgIpc) is 3.19. The van der Waals surface area contributed by atoms with Crippen molar-refractivity contribution in [2.75, 3.05) is 6.54 Å². The van der Waals surface area contributed by atoms with E-state index in [4.69, 9.17) is 11.6 Å². The van der Waals surface area contributed by atoms with E-state index in [1.165, 1.54) is 16.2 Å². The largest absolute Gasteiger partial charge is 0.333 e. The van der Waals surface area contributed by atoms with E-state index in [1.54, 1.807) is 12.1 Å². The Morgan fingerprint density at radius 2 is 1.76 bits per heavy atom. The summed E-state index contributed by atoms with van der Waals surface area (Å²) in [6.45, 7) is 0.296. The van der Waals surface area contributed by atoms with Crippen molar-refractivity contribution in [2.45, 2.75) is 44.6 Å². The molecule has 2 bridgehead atoms. The predicted octanol–water partition coefficient (Wildman–Crippen LogP) is 3.25. The Morgan fingerprint density at radius 3 is 2.40 bits per heavy atom. The van der Waals surface area contributed by atoms with Gasteiger partial charge in [0, 0.05) is 17.6 Å². The van der Waals surface area contributed by atoms with Crippen LogP contribution in [0.1, 0.15) is 37.7 Å². The summed E-state index contributed by atoms with van der Waals surface area (Å²) < 4.78 is 0. The number of amides is 4. The summed E-state index contributed by atoms with van der Waals surface area (Å²) in [6, 6.07) is 6.93. The third-order valence-electron chi connectivity index (χ3n) is 5.88. The second-order valence-corrected chi connectivity index (χ2v) is 7.82. The highest BCUT2D eigenvalue weighted by Crippen LogP contribution is 2.47. The Labute approximate surface area is 151 Å². The van der Waals surface area contributed by atoms with E-state index in [9.17, 15) is 14.4 Å². The molecule has 25 heavy (non-hydrogen) atoms. The molecule has 3 atom stereocenters. The van der Waals surface area contributed by atoms with E-state index in [0.717, 1.165) is 24.8 Å². The van der Waals surface area contributed by atoms with Crippen molar-refractivity contribution in [3.8, 4) is 0 Å². The van der Waals surface area contributed by atoms with Gasteiger partial charge in [-0.25, -0.2) is 4.79 Å². The quantitative estimate of drug-likeness (QED) is 0.774. The van der Waals surface area contributed by atoms with Crippen LogP contribution in [0.5, 0.6) is 0 Å². The van der Waals surface area contributed by atoms with Crippen molar-refractivity contribution in [3.05, 3.63) is 34.9 Å². The van der Waals surface area contributed by atoms with Crippen molar-refractivity contribution < 1.29 is 14.4 Å². The molecule has 0 aromatic heterocycles. The molecule has 2 aliphatic carbocycles. The minimum atomic E-state index is -0.423. The SMILES string of the molecule is O=C1CC(=O)N(C2CC3CCC2C3)C(=O)N1CCc1ccc(Cl)cc1. The number of carbonyl (C=O) groups excluding carboxylic acids is 3. The second kappa shape index (κ2) is 6.45. The number of fused-ring (bicyclic) bond motifs is 2. The van der Waals surface area contributed by atoms with Crippen LogP contribution in [-0.4, -0.2) is 40.2 Å². The highest BCUT2D eigenvalue weighted by Gasteiger charge is 2.49. The van der Waals surface area contributed by atoms with Gasteiger partial charge >= 0.3 is 6.03 Å². The van der Waals surface area contributed by atoms with E-state index in [1.807, 2.05) is 12.1 Å². The highest BCUT2D eigenvalue weighted by molar-refractivity contribution is 6.30. The fourth-order valence-corrected chi connectivity index (χ4v) is 4.75. The maximum absolute atomic E-state index is 12.9. The van der Waals surface area contributed by atoms with Gasteiger partial charge in [0.05, 0.1) is 0 Å². The van der Waals surface area contributed by atoms with Crippen LogP contribution in [0.3, 0.4) is 0 Å². The molecule has 1 heterocycles. The molecular weight excluding hydrogens is 340 g/mol. The van der Waals surface area contributed by atoms with Gasteiger partial charge in [0.15, 0.2) is 0 Å². The van der Waals surface area contributed by atoms with Gasteiger partial charge in [-0.05, 0) is 55.2 Å². The van der Waals surface area contributed by atoms with E-state index >= 15 is 0 Å². The number of nitrogens with zero attached hydrogens (tertiary/aromatic N) is 2. The van der Waals surface area contributed by atoms with E-state index in [-0.39, 0.29) is 24.3 Å². The van der Waals surface area contributed by atoms with Crippen LogP contribution in [-0.2, 0) is 16.0 Å². The first-order valence-electron chi connectivity index (χ1n) is 8.94. The molecule has 0 N–H and O–H groups in total. The number of benzene rings is 1. The molecular formula is C19H21ClN2O3. The van der Waals surface area contributed by atoms with E-state index < -0.39 is 6.03 Å². The number of imide groups is 2. The van der Waals surface area contributed by atoms with Crippen molar-refractivity contribution in [1.29, 1.82) is 0 Å². The fourth-order valence-electron chi connectivity index (χ4n) is 4.62. The lowest BCUT2D eigenvalue weighted by atomic mass is 9.93. The molecule has 3 unspecified atom stereocenters. The number of urea groups is 1. The Morgan fingerprint density at radius 1 is 1.00 bits per heavy atom. The zero-order chi connectivity index (χ0) is 17.6. The van der Waals surface area contributed by atoms with Crippen molar-refractivity contribution in [1.82, 2.24) is 9.80 Å². The van der Waals surface area contributed by atoms with Crippen molar-refractivity contribution >= 4 is 29.4 Å². The van der Waals surface area contributed by atoms with Crippen molar-refractivity contribution in [2.24, 2.45) is 11.8 Å². The van der Waals surface area contributed by atoms with E-state index in [2.05, 4.69) is 0 Å². The van der Waals surface area contributed by atoms with Gasteiger partial charge in [-0.3, -0.25) is 19.4 Å². The summed E-state index contributed by atoms with van der Waals surface area (Å²) in [5, 5.41) is 0.655. The lowest BCUT2D eigenvalue weighted by molar-refractivity contribution is -0.144. The lowest BCUT2D eigenvalue weighted by Crippen LogP contribution is -2.59. The summed E-state index contributed by atoms with van der Waals surface area (Å²) in [5.41, 5.74) is 1.01. The Bertz CT molecular complexity index is 718. The molecule has 6 heteroatoms. The normalized spacial score (nSPS) is 29.0. The Balaban J connectivity index is 1.47. The zero-order valence-electron chi connectivity index (χ0n) is 14.0. The smallest absolute Gasteiger partial charge is 0.274 e. The van der Waals surface area contributed by atoms with Crippen LogP contribution >= 0.6 is 11.6 Å². The van der Waals surface area contributed by atoms with Crippen molar-refractivity contribution in [3.63, 3.8) is 0 Å². The third-order valence-corrected chi connectivity index (χ3v) is 6.13. The van der Waals surface area contributed by atoms with Crippen LogP contribution < -0.4 is 0 Å². The summed E-state index contributed by atoms with van der Waals surface area (Å²) >= 11 is 5.88. The van der Waals surface area contributed by atoms with Gasteiger partial charge in [-0.1, -0.05) is 30.2 Å². The van der Waals surface area contributed by atoms with Gasteiger partial charge in [0.1, 0.15) is 6.42 Å². The second-order valence-electron chi connectivity index (χ2n) is 7.39. The number of carbonyl (C=O) groups is 3. The minimum absolute atomic E-state index is 0.00937. The lowest BCUT2D eigenvalue weighted by Gasteiger charge is -2.39. The number of barbiturate groups is 1. The molecule has 1 aromatic rings. The number of halogens is 1. The predicted molar refractivity (Wildman–Crippen MR) is 93.0 cm³/mol. The minimum Gasteiger partial charge on any atom is -0.274 e. The van der Waals surface area contributed by atoms with Gasteiger partial charge in [0.2, 0.25) is 11.8 Å². The van der Waals surface area contributed by atoms with Crippen LogP contribution in [0.15, 0.2) is 24.3 Å². The molecule has 0 radical (unpaired) electrons. The third kappa shape index (κ3) is 3.06. The van der Waals surface area contributed by atoms with Gasteiger partial charge in [-0.2, -0.15) is 0 Å². The summed E-state index contributed by atoms with van der Waals surface area (Å²) in [5.74, 6) is 0.346. The first kappa shape index (κ1) is 16.6. The van der Waals surface area contributed by atoms with Crippen LogP contribution in [0.4, 0.5) is 4.79 Å². The maximum Gasteiger partial charge on any atom is 0.333 e. The van der Waals surface area contributed by atoms with Crippen LogP contribution in [0, 0.1) is 11.8 Å². The monoisotopic (exact) mass is 360 g/mol. The summed E-state index contributed by atoms with van der Waals surface area (Å²) in [7, 11) is 0. The standard InChI is InChI=1S/C19H21ClN2O3/c20-15-5-2-12(3-6-15)7-8-21-17(23)11-18(24)22(19(21)25)16-10-13-1-4-14(16)9-13/h2-3,5-6,13-14,16H,1,4,7-11H2. The molecule has 132 valence electrons. The zero-order valence-corrected chi connectivity index (χ0v) is 14.7. The van der Waals surface area contributed by atoms with Crippen LogP contribution in [0.25, 0.3) is 0 Å². The number of hydrogen-bond donors (Lipinski definition) is 0. The average molecular weight is 361 g/mol. The molecule has 1 saturated heterocycles. The first-order chi connectivity index (χ1) is 12.0. The number of hydrogen-bond acceptors (Lipinski definition) is 3. The van der Waals surface area contributed by atoms with Crippen LogP contribution in [0.2, 0.25) is 5.02 Å². The molecule has 1 aliphatic heterocycles. The molecule has 0 spiro atoms. The fraction of sp³-hybridized carbons (Fsp3) is 0.526. The van der Waals surface area contributed by atoms with Gasteiger partial charge in [-0.15, -0.1) is 0 Å². The Hall–Kier alpha value is -1.88.